The molecule has 0 aliphatic rings. The van der Waals surface area contributed by atoms with E-state index in [9.17, 15) is 19.7 Å². The topological polar surface area (TPSA) is 110 Å². The van der Waals surface area contributed by atoms with Gasteiger partial charge in [0.1, 0.15) is 5.56 Å². The lowest BCUT2D eigenvalue weighted by Gasteiger charge is -2.05. The van der Waals surface area contributed by atoms with E-state index in [4.69, 9.17) is 0 Å². The minimum absolute atomic E-state index is 0.0439. The Morgan fingerprint density at radius 1 is 1.33 bits per heavy atom. The molecular weight excluding hydrogens is 312 g/mol. The molecule has 0 aliphatic heterocycles. The van der Waals surface area contributed by atoms with E-state index in [0.717, 1.165) is 0 Å². The zero-order chi connectivity index (χ0) is 17.9. The van der Waals surface area contributed by atoms with Crippen LogP contribution in [-0.2, 0) is 0 Å². The summed E-state index contributed by atoms with van der Waals surface area (Å²) in [5.41, 5.74) is 0.613. The summed E-state index contributed by atoms with van der Waals surface area (Å²) in [6.45, 7) is 6.36. The second kappa shape index (κ2) is 7.22. The standard InChI is InChI=1S/C16H20N4O4/c1-4-17-9-13(21)14-15(10(2)3)18-19(16(14)22)11-5-7-12(8-6-11)20(23)24/h5-8,10,17-18H,4,9H2,1-3H3. The predicted molar refractivity (Wildman–Crippen MR) is 90.0 cm³/mol. The molecule has 0 bridgehead atoms. The number of carbonyl (C=O) groups is 1. The van der Waals surface area contributed by atoms with Crippen molar-refractivity contribution in [3.8, 4) is 5.69 Å². The number of benzene rings is 1. The lowest BCUT2D eigenvalue weighted by molar-refractivity contribution is -0.384. The van der Waals surface area contributed by atoms with Crippen molar-refractivity contribution >= 4 is 11.5 Å². The highest BCUT2D eigenvalue weighted by Crippen LogP contribution is 2.18. The van der Waals surface area contributed by atoms with Crippen LogP contribution in [0, 0.1) is 10.1 Å². The van der Waals surface area contributed by atoms with Gasteiger partial charge in [-0.2, -0.15) is 0 Å². The molecule has 0 radical (unpaired) electrons. The molecule has 0 atom stereocenters. The fourth-order valence-electron chi connectivity index (χ4n) is 2.37. The zero-order valence-corrected chi connectivity index (χ0v) is 13.8. The average molecular weight is 332 g/mol. The van der Waals surface area contributed by atoms with Crippen molar-refractivity contribution < 1.29 is 9.72 Å². The van der Waals surface area contributed by atoms with E-state index in [1.165, 1.54) is 28.9 Å². The largest absolute Gasteiger partial charge is 0.310 e. The van der Waals surface area contributed by atoms with Crippen molar-refractivity contribution in [2.75, 3.05) is 13.1 Å². The zero-order valence-electron chi connectivity index (χ0n) is 13.8. The Labute approximate surface area is 138 Å². The summed E-state index contributed by atoms with van der Waals surface area (Å²) in [6.07, 6.45) is 0. The molecule has 0 saturated heterocycles. The second-order valence-corrected chi connectivity index (χ2v) is 5.67. The average Bonchev–Trinajstić information content (AvgIpc) is 2.90. The summed E-state index contributed by atoms with van der Waals surface area (Å²) in [5, 5.41) is 16.6. The van der Waals surface area contributed by atoms with Crippen LogP contribution in [0.25, 0.3) is 5.69 Å². The van der Waals surface area contributed by atoms with Crippen LogP contribution < -0.4 is 10.9 Å². The Kier molecular flexibility index (Phi) is 5.30. The molecule has 24 heavy (non-hydrogen) atoms. The lowest BCUT2D eigenvalue weighted by Crippen LogP contribution is -2.28. The number of likely N-dealkylation sites (N-methyl/N-ethyl adjacent to an activating group) is 1. The van der Waals surface area contributed by atoms with E-state index >= 15 is 0 Å². The maximum absolute atomic E-state index is 12.7. The molecule has 2 rings (SSSR count). The number of hydrogen-bond donors (Lipinski definition) is 2. The SMILES string of the molecule is CCNCC(=O)c1c(C(C)C)[nH]n(-c2ccc([N+](=O)[O-])cc2)c1=O. The molecule has 0 amide bonds. The van der Waals surface area contributed by atoms with Gasteiger partial charge in [0.15, 0.2) is 5.78 Å². The number of rotatable bonds is 7. The van der Waals surface area contributed by atoms with Crippen LogP contribution >= 0.6 is 0 Å². The fraction of sp³-hybridized carbons (Fsp3) is 0.375. The van der Waals surface area contributed by atoms with Crippen molar-refractivity contribution in [2.24, 2.45) is 0 Å². The number of hydrogen-bond acceptors (Lipinski definition) is 5. The quantitative estimate of drug-likeness (QED) is 0.458. The molecule has 2 aromatic rings. The van der Waals surface area contributed by atoms with Crippen LogP contribution in [0.2, 0.25) is 0 Å². The van der Waals surface area contributed by atoms with Gasteiger partial charge in [-0.15, -0.1) is 0 Å². The van der Waals surface area contributed by atoms with E-state index in [2.05, 4.69) is 10.4 Å². The number of H-pyrrole nitrogens is 1. The highest BCUT2D eigenvalue weighted by molar-refractivity contribution is 5.98. The van der Waals surface area contributed by atoms with Crippen molar-refractivity contribution in [1.29, 1.82) is 0 Å². The van der Waals surface area contributed by atoms with E-state index in [1.54, 1.807) is 0 Å². The number of nitrogens with one attached hydrogen (secondary N) is 2. The van der Waals surface area contributed by atoms with E-state index in [0.29, 0.717) is 17.9 Å². The number of nitrogens with zero attached hydrogens (tertiary/aromatic N) is 2. The summed E-state index contributed by atoms with van der Waals surface area (Å²) in [5.74, 6) is -0.319. The number of aromatic nitrogens is 2. The minimum atomic E-state index is -0.508. The molecule has 128 valence electrons. The van der Waals surface area contributed by atoms with E-state index < -0.39 is 10.5 Å². The van der Waals surface area contributed by atoms with E-state index in [-0.39, 0.29) is 29.5 Å². The molecule has 2 N–H and O–H groups in total. The van der Waals surface area contributed by atoms with Gasteiger partial charge in [0, 0.05) is 12.1 Å². The maximum atomic E-state index is 12.7. The van der Waals surface area contributed by atoms with Crippen LogP contribution in [0.4, 0.5) is 5.69 Å². The number of nitro benzene ring substituents is 1. The Balaban J connectivity index is 2.50. The first kappa shape index (κ1) is 17.6. The Bertz CT molecular complexity index is 802. The van der Waals surface area contributed by atoms with Gasteiger partial charge in [-0.1, -0.05) is 20.8 Å². The third-order valence-corrected chi connectivity index (χ3v) is 3.63. The molecule has 0 fully saturated rings. The number of Topliss-reactive ketones (excluding diaryl/α,β-unsaturated/α-hetero) is 1. The van der Waals surface area contributed by atoms with Gasteiger partial charge < -0.3 is 5.32 Å². The summed E-state index contributed by atoms with van der Waals surface area (Å²) in [7, 11) is 0. The van der Waals surface area contributed by atoms with Crippen molar-refractivity contribution in [3.05, 3.63) is 56.0 Å². The van der Waals surface area contributed by atoms with Crippen molar-refractivity contribution in [2.45, 2.75) is 26.7 Å². The first-order valence-electron chi connectivity index (χ1n) is 7.70. The Morgan fingerprint density at radius 3 is 2.46 bits per heavy atom. The fourth-order valence-corrected chi connectivity index (χ4v) is 2.37. The third kappa shape index (κ3) is 3.43. The Hall–Kier alpha value is -2.74. The van der Waals surface area contributed by atoms with Crippen LogP contribution in [0.15, 0.2) is 29.1 Å². The highest BCUT2D eigenvalue weighted by atomic mass is 16.6. The van der Waals surface area contributed by atoms with Crippen molar-refractivity contribution in [1.82, 2.24) is 15.1 Å². The van der Waals surface area contributed by atoms with Gasteiger partial charge in [0.2, 0.25) is 0 Å². The molecule has 0 spiro atoms. The van der Waals surface area contributed by atoms with Crippen molar-refractivity contribution in [3.63, 3.8) is 0 Å². The minimum Gasteiger partial charge on any atom is -0.310 e. The number of ketones is 1. The van der Waals surface area contributed by atoms with Crippen LogP contribution in [0.1, 0.15) is 42.7 Å². The number of non-ortho nitro benzene ring substituents is 1. The van der Waals surface area contributed by atoms with Crippen LogP contribution in [-0.4, -0.2) is 33.6 Å². The van der Waals surface area contributed by atoms with E-state index in [1.807, 2.05) is 20.8 Å². The molecule has 0 saturated carbocycles. The summed E-state index contributed by atoms with van der Waals surface area (Å²) in [4.78, 5) is 35.2. The van der Waals surface area contributed by atoms with Crippen LogP contribution in [0.5, 0.6) is 0 Å². The molecular formula is C16H20N4O4. The van der Waals surface area contributed by atoms with Gasteiger partial charge in [0.25, 0.3) is 11.2 Å². The smallest absolute Gasteiger partial charge is 0.282 e. The first-order valence-corrected chi connectivity index (χ1v) is 7.70. The molecule has 0 aliphatic carbocycles. The third-order valence-electron chi connectivity index (χ3n) is 3.63. The summed E-state index contributed by atoms with van der Waals surface area (Å²) >= 11 is 0. The first-order chi connectivity index (χ1) is 11.4. The van der Waals surface area contributed by atoms with Gasteiger partial charge in [-0.05, 0) is 24.6 Å². The monoisotopic (exact) mass is 332 g/mol. The molecule has 1 heterocycles. The Morgan fingerprint density at radius 2 is 1.96 bits per heavy atom. The lowest BCUT2D eigenvalue weighted by atomic mass is 10.0. The van der Waals surface area contributed by atoms with Gasteiger partial charge in [-0.25, -0.2) is 4.68 Å². The number of nitro groups is 1. The summed E-state index contributed by atoms with van der Waals surface area (Å²) < 4.78 is 1.25. The normalized spacial score (nSPS) is 11.0. The van der Waals surface area contributed by atoms with Gasteiger partial charge in [-0.3, -0.25) is 24.8 Å². The highest BCUT2D eigenvalue weighted by Gasteiger charge is 2.23. The second-order valence-electron chi connectivity index (χ2n) is 5.67. The summed E-state index contributed by atoms with van der Waals surface area (Å²) in [6, 6.07) is 5.58. The molecule has 0 unspecified atom stereocenters. The molecule has 8 heteroatoms. The molecule has 8 nitrogen and oxygen atoms in total. The van der Waals surface area contributed by atoms with Crippen LogP contribution in [0.3, 0.4) is 0 Å². The van der Waals surface area contributed by atoms with Gasteiger partial charge in [0.05, 0.1) is 22.8 Å². The molecule has 1 aromatic heterocycles. The molecule has 1 aromatic carbocycles. The van der Waals surface area contributed by atoms with Gasteiger partial charge >= 0.3 is 0 Å². The number of carbonyl (C=O) groups excluding carboxylic acids is 1. The number of aromatic amines is 1. The predicted octanol–water partition coefficient (Wildman–Crippen LogP) is 1.99. The maximum Gasteiger partial charge on any atom is 0.282 e.